The Bertz CT molecular complexity index is 1430. The SMILES string of the molecule is CC1c2ccc(NC(=O)CNCC3CC3)c(O)c2C(O)=C2C(=O)[C@]3(O)C(O)=C(C(N)=O)C(=O)[C@@H](N(C)C)C3C(O)C21. The molecule has 0 radical (unpaired) electrons. The summed E-state index contributed by atoms with van der Waals surface area (Å²) in [7, 11) is 2.89. The first-order valence-electron chi connectivity index (χ1n) is 13.4. The Morgan fingerprint density at radius 2 is 1.80 bits per heavy atom. The van der Waals surface area contributed by atoms with Crippen molar-refractivity contribution < 1.29 is 44.7 Å². The van der Waals surface area contributed by atoms with Crippen LogP contribution >= 0.6 is 0 Å². The second kappa shape index (κ2) is 9.94. The van der Waals surface area contributed by atoms with Crippen molar-refractivity contribution in [3.8, 4) is 5.75 Å². The zero-order chi connectivity index (χ0) is 30.1. The minimum Gasteiger partial charge on any atom is -0.508 e. The number of nitrogens with two attached hydrogens (primary N) is 1. The van der Waals surface area contributed by atoms with Gasteiger partial charge < -0.3 is 41.9 Å². The molecule has 4 unspecified atom stereocenters. The summed E-state index contributed by atoms with van der Waals surface area (Å²) in [5.41, 5.74) is 0.985. The minimum atomic E-state index is -2.99. The first kappa shape index (κ1) is 28.7. The van der Waals surface area contributed by atoms with Crippen molar-refractivity contribution in [2.24, 2.45) is 23.5 Å². The number of primary amides is 1. The highest BCUT2D eigenvalue weighted by molar-refractivity contribution is 6.24. The number of nitrogens with one attached hydrogen (secondary N) is 2. The van der Waals surface area contributed by atoms with E-state index in [2.05, 4.69) is 10.6 Å². The third-order valence-corrected chi connectivity index (χ3v) is 8.82. The standard InChI is InChI=1S/C28H34N4O9/c1-10-12-6-7-13(31-14(33)9-30-8-11-4-5-11)21(34)16(12)22(35)17-15(10)23(36)19-20(32(2)3)24(37)18(27(29)40)26(39)28(19,41)25(17)38/h6-7,10-11,15,19-20,23,30,34-36,39,41H,4-5,8-9H2,1-3H3,(H2,29,40)(H,31,33)/t10?,15?,19?,20-,23?,28-/m0/s1. The molecule has 0 aromatic heterocycles. The number of phenols is 1. The number of ketones is 2. The van der Waals surface area contributed by atoms with Crippen LogP contribution in [-0.4, -0.2) is 98.7 Å². The van der Waals surface area contributed by atoms with Crippen molar-refractivity contribution in [2.75, 3.05) is 32.5 Å². The Morgan fingerprint density at radius 3 is 2.39 bits per heavy atom. The van der Waals surface area contributed by atoms with Crippen LogP contribution in [-0.2, 0) is 19.2 Å². The maximum Gasteiger partial charge on any atom is 0.255 e. The third kappa shape index (κ3) is 4.22. The third-order valence-electron chi connectivity index (χ3n) is 8.82. The molecule has 4 aliphatic carbocycles. The summed E-state index contributed by atoms with van der Waals surface area (Å²) in [5.74, 6) is -9.61. The molecular formula is C28H34N4O9. The Morgan fingerprint density at radius 1 is 1.15 bits per heavy atom. The lowest BCUT2D eigenvalue weighted by atomic mass is 9.54. The zero-order valence-electron chi connectivity index (χ0n) is 22.8. The zero-order valence-corrected chi connectivity index (χ0v) is 22.8. The van der Waals surface area contributed by atoms with Crippen LogP contribution in [0.3, 0.4) is 0 Å². The molecule has 41 heavy (non-hydrogen) atoms. The lowest BCUT2D eigenvalue weighted by molar-refractivity contribution is -0.169. The number of phenolic OH excluding ortho intramolecular Hbond substituents is 1. The van der Waals surface area contributed by atoms with Crippen LogP contribution in [0.1, 0.15) is 36.8 Å². The van der Waals surface area contributed by atoms with E-state index < -0.39 is 87.3 Å². The fraction of sp³-hybridized carbons (Fsp3) is 0.500. The van der Waals surface area contributed by atoms with Gasteiger partial charge in [0.15, 0.2) is 11.4 Å². The van der Waals surface area contributed by atoms with Crippen LogP contribution in [0.25, 0.3) is 5.76 Å². The number of nitrogens with zero attached hydrogens (tertiary/aromatic N) is 1. The lowest BCUT2D eigenvalue weighted by Gasteiger charge is -2.53. The molecule has 9 N–H and O–H groups in total. The molecule has 6 atom stereocenters. The molecule has 2 fully saturated rings. The molecule has 0 heterocycles. The molecule has 1 aromatic rings. The normalized spacial score (nSPS) is 31.1. The summed E-state index contributed by atoms with van der Waals surface area (Å²) in [4.78, 5) is 53.1. The summed E-state index contributed by atoms with van der Waals surface area (Å²) < 4.78 is 0. The molecule has 13 nitrogen and oxygen atoms in total. The van der Waals surface area contributed by atoms with Crippen molar-refractivity contribution in [3.05, 3.63) is 40.2 Å². The summed E-state index contributed by atoms with van der Waals surface area (Å²) in [6.07, 6.45) is 0.547. The average molecular weight is 571 g/mol. The number of anilines is 1. The summed E-state index contributed by atoms with van der Waals surface area (Å²) in [5, 5.41) is 62.4. The fourth-order valence-corrected chi connectivity index (χ4v) is 6.62. The Balaban J connectivity index is 1.60. The molecule has 0 spiro atoms. The molecule has 0 aliphatic heterocycles. The number of hydrogen-bond acceptors (Lipinski definition) is 11. The molecular weight excluding hydrogens is 536 g/mol. The Labute approximate surface area is 235 Å². The molecule has 5 rings (SSSR count). The first-order chi connectivity index (χ1) is 19.2. The highest BCUT2D eigenvalue weighted by Crippen LogP contribution is 2.56. The van der Waals surface area contributed by atoms with E-state index in [4.69, 9.17) is 5.73 Å². The maximum absolute atomic E-state index is 14.0. The first-order valence-corrected chi connectivity index (χ1v) is 13.4. The number of amides is 2. The van der Waals surface area contributed by atoms with Gasteiger partial charge in [0, 0.05) is 11.5 Å². The van der Waals surface area contributed by atoms with E-state index in [-0.39, 0.29) is 17.8 Å². The number of hydrogen-bond donors (Lipinski definition) is 8. The van der Waals surface area contributed by atoms with Gasteiger partial charge in [0.25, 0.3) is 5.91 Å². The highest BCUT2D eigenvalue weighted by Gasteiger charge is 2.68. The van der Waals surface area contributed by atoms with Gasteiger partial charge in [-0.3, -0.25) is 24.1 Å². The summed E-state index contributed by atoms with van der Waals surface area (Å²) in [6.45, 7) is 2.33. The number of aromatic hydroxyl groups is 1. The average Bonchev–Trinajstić information content (AvgIpc) is 3.71. The van der Waals surface area contributed by atoms with Gasteiger partial charge in [-0.25, -0.2) is 0 Å². The monoisotopic (exact) mass is 570 g/mol. The Kier molecular flexibility index (Phi) is 6.97. The van der Waals surface area contributed by atoms with Crippen molar-refractivity contribution in [1.29, 1.82) is 0 Å². The van der Waals surface area contributed by atoms with Crippen LogP contribution in [0.2, 0.25) is 0 Å². The Hall–Kier alpha value is -3.78. The number of carbonyl (C=O) groups excluding carboxylic acids is 4. The summed E-state index contributed by atoms with van der Waals surface area (Å²) >= 11 is 0. The van der Waals surface area contributed by atoms with E-state index in [1.807, 2.05) is 0 Å². The number of aliphatic hydroxyl groups is 4. The van der Waals surface area contributed by atoms with Gasteiger partial charge in [0.05, 0.1) is 35.9 Å². The van der Waals surface area contributed by atoms with Crippen LogP contribution < -0.4 is 16.4 Å². The second-order valence-corrected chi connectivity index (χ2v) is 11.6. The molecule has 2 amide bonds. The highest BCUT2D eigenvalue weighted by atomic mass is 16.4. The lowest BCUT2D eigenvalue weighted by Crippen LogP contribution is -2.70. The van der Waals surface area contributed by atoms with E-state index in [0.29, 0.717) is 18.0 Å². The number of aliphatic hydroxyl groups excluding tert-OH is 3. The van der Waals surface area contributed by atoms with Crippen molar-refractivity contribution in [3.63, 3.8) is 0 Å². The molecule has 2 saturated carbocycles. The number of benzene rings is 1. The molecule has 1 aromatic carbocycles. The number of rotatable bonds is 7. The van der Waals surface area contributed by atoms with Crippen molar-refractivity contribution in [2.45, 2.75) is 43.4 Å². The van der Waals surface area contributed by atoms with Crippen LogP contribution in [0, 0.1) is 17.8 Å². The molecule has 0 saturated heterocycles. The smallest absolute Gasteiger partial charge is 0.255 e. The van der Waals surface area contributed by atoms with Crippen molar-refractivity contribution >= 4 is 34.8 Å². The van der Waals surface area contributed by atoms with Crippen LogP contribution in [0.15, 0.2) is 29.0 Å². The van der Waals surface area contributed by atoms with Gasteiger partial charge in [-0.1, -0.05) is 13.0 Å². The van der Waals surface area contributed by atoms with Crippen LogP contribution in [0.5, 0.6) is 5.75 Å². The van der Waals surface area contributed by atoms with Gasteiger partial charge in [0.2, 0.25) is 11.7 Å². The topological polar surface area (TPSA) is 223 Å². The van der Waals surface area contributed by atoms with E-state index in [1.165, 1.54) is 31.1 Å². The molecule has 13 heteroatoms. The second-order valence-electron chi connectivity index (χ2n) is 11.6. The van der Waals surface area contributed by atoms with Gasteiger partial charge in [-0.05, 0) is 56.9 Å². The number of carbonyl (C=O) groups is 4. The fourth-order valence-electron chi connectivity index (χ4n) is 6.62. The van der Waals surface area contributed by atoms with Gasteiger partial charge in [-0.15, -0.1) is 0 Å². The van der Waals surface area contributed by atoms with Gasteiger partial charge in [-0.2, -0.15) is 0 Å². The van der Waals surface area contributed by atoms with E-state index in [1.54, 1.807) is 6.92 Å². The van der Waals surface area contributed by atoms with E-state index in [0.717, 1.165) is 12.8 Å². The predicted molar refractivity (Wildman–Crippen MR) is 145 cm³/mol. The van der Waals surface area contributed by atoms with E-state index in [9.17, 15) is 44.7 Å². The predicted octanol–water partition coefficient (Wildman–Crippen LogP) is -0.566. The molecule has 4 aliphatic rings. The largest absolute Gasteiger partial charge is 0.508 e. The maximum atomic E-state index is 14.0. The van der Waals surface area contributed by atoms with Gasteiger partial charge >= 0.3 is 0 Å². The van der Waals surface area contributed by atoms with Crippen molar-refractivity contribution in [1.82, 2.24) is 10.2 Å². The van der Waals surface area contributed by atoms with E-state index >= 15 is 0 Å². The molecule has 0 bridgehead atoms. The number of likely N-dealkylation sites (N-methyl/N-ethyl adjacent to an activating group) is 1. The minimum absolute atomic E-state index is 0.00274. The quantitative estimate of drug-likeness (QED) is 0.153. The van der Waals surface area contributed by atoms with Crippen LogP contribution in [0.4, 0.5) is 5.69 Å². The summed E-state index contributed by atoms with van der Waals surface area (Å²) in [6, 6.07) is 1.56. The number of fused-ring (bicyclic) bond motifs is 3. The number of Topliss-reactive ketones (excluding diaryl/α,β-unsaturated/α-hetero) is 2. The van der Waals surface area contributed by atoms with Gasteiger partial charge in [0.1, 0.15) is 22.8 Å². The molecule has 220 valence electrons.